The van der Waals surface area contributed by atoms with E-state index in [1.54, 1.807) is 12.1 Å². The first-order valence-electron chi connectivity index (χ1n) is 15.9. The number of nitrogens with one attached hydrogen (secondary N) is 1. The Bertz CT molecular complexity index is 1870. The van der Waals surface area contributed by atoms with Gasteiger partial charge in [0, 0.05) is 39.3 Å². The number of aromatic nitrogens is 4. The van der Waals surface area contributed by atoms with Gasteiger partial charge in [-0.1, -0.05) is 56.0 Å². The highest BCUT2D eigenvalue weighted by atomic mass is 32.2. The zero-order valence-corrected chi connectivity index (χ0v) is 28.6. The van der Waals surface area contributed by atoms with E-state index < -0.39 is 18.1 Å². The topological polar surface area (TPSA) is 102 Å². The molecule has 6 rings (SSSR count). The van der Waals surface area contributed by atoms with Crippen molar-refractivity contribution in [2.24, 2.45) is 0 Å². The van der Waals surface area contributed by atoms with E-state index in [1.165, 1.54) is 17.8 Å². The van der Waals surface area contributed by atoms with Crippen LogP contribution >= 0.6 is 0 Å². The Labute approximate surface area is 272 Å². The van der Waals surface area contributed by atoms with Gasteiger partial charge >= 0.3 is 0 Å². The van der Waals surface area contributed by atoms with E-state index in [0.717, 1.165) is 60.0 Å². The minimum Gasteiger partial charge on any atom is -0.361 e. The van der Waals surface area contributed by atoms with Gasteiger partial charge in [-0.2, -0.15) is 8.42 Å². The minimum atomic E-state index is -3.78. The van der Waals surface area contributed by atoms with Crippen LogP contribution < -0.4 is 4.72 Å². The quantitative estimate of drug-likeness (QED) is 0.108. The molecule has 0 saturated heterocycles. The summed E-state index contributed by atoms with van der Waals surface area (Å²) in [6, 6.07) is 26.1. The van der Waals surface area contributed by atoms with Crippen molar-refractivity contribution in [2.45, 2.75) is 75.8 Å². The molecule has 0 amide bonds. The highest BCUT2D eigenvalue weighted by molar-refractivity contribution is 7.92. The van der Waals surface area contributed by atoms with Crippen molar-refractivity contribution in [2.75, 3.05) is 11.3 Å². The zero-order valence-electron chi connectivity index (χ0n) is 26.8. The van der Waals surface area contributed by atoms with Crippen LogP contribution in [0.3, 0.4) is 0 Å². The van der Waals surface area contributed by atoms with Gasteiger partial charge in [-0.15, -0.1) is 0 Å². The average molecular weight is 655 g/mol. The zero-order chi connectivity index (χ0) is 32.1. The fourth-order valence-electron chi connectivity index (χ4n) is 5.95. The van der Waals surface area contributed by atoms with E-state index in [4.69, 9.17) is 14.7 Å². The summed E-state index contributed by atoms with van der Waals surface area (Å²) in [5.41, 5.74) is 6.00. The Morgan fingerprint density at radius 3 is 2.50 bits per heavy atom. The molecule has 1 atom stereocenters. The summed E-state index contributed by atoms with van der Waals surface area (Å²) in [5, 5.41) is -0.0129. The lowest BCUT2D eigenvalue weighted by atomic mass is 9.90. The molecule has 1 aliphatic rings. The first kappa shape index (κ1) is 32.1. The van der Waals surface area contributed by atoms with E-state index in [-0.39, 0.29) is 11.1 Å². The number of anilines is 1. The van der Waals surface area contributed by atoms with Crippen LogP contribution in [0.5, 0.6) is 0 Å². The number of hydrogen-bond donors (Lipinski definition) is 1. The van der Waals surface area contributed by atoms with Crippen molar-refractivity contribution >= 4 is 34.8 Å². The molecular formula is C35H42N6O3SSi. The van der Waals surface area contributed by atoms with E-state index in [1.807, 2.05) is 42.6 Å². The van der Waals surface area contributed by atoms with E-state index in [9.17, 15) is 8.42 Å². The number of benzene rings is 2. The maximum atomic E-state index is 12.8. The first-order chi connectivity index (χ1) is 22.2. The van der Waals surface area contributed by atoms with Crippen LogP contribution in [-0.2, 0) is 41.0 Å². The monoisotopic (exact) mass is 654 g/mol. The highest BCUT2D eigenvalue weighted by Crippen LogP contribution is 2.35. The summed E-state index contributed by atoms with van der Waals surface area (Å²) < 4.78 is 36.8. The first-order valence-corrected chi connectivity index (χ1v) is 21.1. The lowest BCUT2D eigenvalue weighted by Gasteiger charge is -2.35. The third-order valence-corrected chi connectivity index (χ3v) is 11.4. The molecule has 46 heavy (non-hydrogen) atoms. The lowest BCUT2D eigenvalue weighted by molar-refractivity contribution is 0.0824. The number of hydrogen-bond acceptors (Lipinski definition) is 7. The maximum absolute atomic E-state index is 12.8. The van der Waals surface area contributed by atoms with Crippen LogP contribution in [-0.4, -0.2) is 47.5 Å². The summed E-state index contributed by atoms with van der Waals surface area (Å²) in [6.07, 6.45) is 6.48. The number of sulfonamides is 1. The van der Waals surface area contributed by atoms with Gasteiger partial charge in [0.25, 0.3) is 10.0 Å². The second-order valence-corrected chi connectivity index (χ2v) is 20.4. The number of rotatable bonds is 13. The molecule has 0 saturated carbocycles. The smallest absolute Gasteiger partial charge is 0.279 e. The van der Waals surface area contributed by atoms with Gasteiger partial charge in [0.15, 0.2) is 5.03 Å². The average Bonchev–Trinajstić information content (AvgIpc) is 3.40. The normalized spacial score (nSPS) is 15.3. The molecule has 240 valence electrons. The molecule has 1 aliphatic carbocycles. The number of aryl methyl sites for hydroxylation is 1. The Kier molecular flexibility index (Phi) is 9.64. The van der Waals surface area contributed by atoms with Crippen LogP contribution in [0.25, 0.3) is 11.0 Å². The molecule has 0 fully saturated rings. The third-order valence-electron chi connectivity index (χ3n) is 8.41. The molecule has 0 spiro atoms. The molecular weight excluding hydrogens is 613 g/mol. The van der Waals surface area contributed by atoms with Crippen LogP contribution in [0.1, 0.15) is 41.5 Å². The predicted octanol–water partition coefficient (Wildman–Crippen LogP) is 7.02. The molecule has 0 bridgehead atoms. The Morgan fingerprint density at radius 1 is 0.935 bits per heavy atom. The summed E-state index contributed by atoms with van der Waals surface area (Å²) in [7, 11) is -4.99. The number of pyridine rings is 2. The van der Waals surface area contributed by atoms with Crippen molar-refractivity contribution in [3.8, 4) is 0 Å². The summed E-state index contributed by atoms with van der Waals surface area (Å²) in [6.45, 7) is 9.55. The highest BCUT2D eigenvalue weighted by Gasteiger charge is 2.29. The molecule has 2 aromatic carbocycles. The SMILES string of the molecule is C[Si](C)(C)CCOCn1c(CN(Cc2ccc(NS(=O)(=O)c3ccccn3)cc2)C2CCCc3cccnc32)nc2ccccc21. The molecule has 3 aromatic heterocycles. The predicted molar refractivity (Wildman–Crippen MR) is 184 cm³/mol. The van der Waals surface area contributed by atoms with Crippen molar-refractivity contribution in [1.29, 1.82) is 0 Å². The Balaban J connectivity index is 1.28. The van der Waals surface area contributed by atoms with Crippen LogP contribution in [0.4, 0.5) is 5.69 Å². The van der Waals surface area contributed by atoms with Crippen molar-refractivity contribution < 1.29 is 13.2 Å². The van der Waals surface area contributed by atoms with Crippen LogP contribution in [0.15, 0.2) is 96.3 Å². The largest absolute Gasteiger partial charge is 0.361 e. The molecule has 1 N–H and O–H groups in total. The molecule has 3 heterocycles. The molecule has 9 nitrogen and oxygen atoms in total. The summed E-state index contributed by atoms with van der Waals surface area (Å²) in [4.78, 5) is 16.4. The van der Waals surface area contributed by atoms with Gasteiger partial charge in [0.1, 0.15) is 12.6 Å². The molecule has 0 aliphatic heterocycles. The second-order valence-electron chi connectivity index (χ2n) is 13.1. The van der Waals surface area contributed by atoms with Crippen molar-refractivity contribution in [3.05, 3.63) is 114 Å². The Morgan fingerprint density at radius 2 is 1.72 bits per heavy atom. The fraction of sp³-hybridized carbons (Fsp3) is 0.343. The molecule has 11 heteroatoms. The number of nitrogens with zero attached hydrogens (tertiary/aromatic N) is 5. The molecule has 5 aromatic rings. The van der Waals surface area contributed by atoms with Crippen LogP contribution in [0.2, 0.25) is 25.7 Å². The van der Waals surface area contributed by atoms with Gasteiger partial charge in [0.05, 0.1) is 29.3 Å². The third kappa shape index (κ3) is 7.72. The number of para-hydroxylation sites is 2. The maximum Gasteiger partial charge on any atom is 0.279 e. The second kappa shape index (κ2) is 13.8. The van der Waals surface area contributed by atoms with Crippen molar-refractivity contribution in [1.82, 2.24) is 24.4 Å². The molecule has 0 radical (unpaired) electrons. The summed E-state index contributed by atoms with van der Waals surface area (Å²) >= 11 is 0. The summed E-state index contributed by atoms with van der Waals surface area (Å²) in [5.74, 6) is 0.956. The number of imidazole rings is 1. The number of ether oxygens (including phenoxy) is 1. The van der Waals surface area contributed by atoms with Crippen molar-refractivity contribution in [3.63, 3.8) is 0 Å². The van der Waals surface area contributed by atoms with Gasteiger partial charge in [0.2, 0.25) is 0 Å². The number of fused-ring (bicyclic) bond motifs is 2. The van der Waals surface area contributed by atoms with Crippen LogP contribution in [0, 0.1) is 0 Å². The molecule has 1 unspecified atom stereocenters. The minimum absolute atomic E-state index is 0.0129. The van der Waals surface area contributed by atoms with Gasteiger partial charge in [-0.05, 0) is 78.9 Å². The van der Waals surface area contributed by atoms with E-state index in [0.29, 0.717) is 25.5 Å². The fourth-order valence-corrected chi connectivity index (χ4v) is 7.71. The lowest BCUT2D eigenvalue weighted by Crippen LogP contribution is -2.32. The van der Waals surface area contributed by atoms with E-state index >= 15 is 0 Å². The van der Waals surface area contributed by atoms with E-state index in [2.05, 4.69) is 63.1 Å². The Hall–Kier alpha value is -3.90. The van der Waals surface area contributed by atoms with Gasteiger partial charge in [-0.3, -0.25) is 14.6 Å². The standard InChI is InChI=1S/C35H42N6O3SSi/c1-46(2,3)23-22-44-26-41-31-13-5-4-12-30(31)38-33(41)25-40(32-14-8-10-28-11-9-21-37-35(28)32)24-27-16-18-29(19-17-27)39-45(42,43)34-15-6-7-20-36-34/h4-7,9,11-13,15-21,32,39H,8,10,14,22-26H2,1-3H3. The van der Waals surface area contributed by atoms with Gasteiger partial charge in [-0.25, -0.2) is 9.97 Å². The van der Waals surface area contributed by atoms with Gasteiger partial charge < -0.3 is 9.30 Å².